The lowest BCUT2D eigenvalue weighted by Gasteiger charge is -2.39. The van der Waals surface area contributed by atoms with Crippen molar-refractivity contribution in [1.82, 2.24) is 20.7 Å². The lowest BCUT2D eigenvalue weighted by molar-refractivity contribution is -0.136. The van der Waals surface area contributed by atoms with E-state index >= 15 is 0 Å². The summed E-state index contributed by atoms with van der Waals surface area (Å²) in [7, 11) is 0. The van der Waals surface area contributed by atoms with Crippen LogP contribution in [0.5, 0.6) is 0 Å². The fourth-order valence-corrected chi connectivity index (χ4v) is 4.67. The molecule has 2 aliphatic heterocycles. The molecule has 4 rings (SSSR count). The third kappa shape index (κ3) is 4.57. The Balaban J connectivity index is 1.25. The lowest BCUT2D eigenvalue weighted by atomic mass is 9.89. The summed E-state index contributed by atoms with van der Waals surface area (Å²) < 4.78 is 5.28. The molecule has 3 unspecified atom stereocenters. The highest BCUT2D eigenvalue weighted by atomic mass is 16.5. The van der Waals surface area contributed by atoms with Gasteiger partial charge < -0.3 is 20.1 Å². The van der Waals surface area contributed by atoms with Gasteiger partial charge in [-0.2, -0.15) is 0 Å². The van der Waals surface area contributed by atoms with E-state index in [1.165, 1.54) is 0 Å². The first kappa shape index (κ1) is 19.4. The van der Waals surface area contributed by atoms with Crippen molar-refractivity contribution in [2.24, 2.45) is 5.92 Å². The number of hydrogen-bond donors (Lipinski definition) is 2. The highest BCUT2D eigenvalue weighted by Crippen LogP contribution is 2.40. The average molecular weight is 389 g/mol. The second kappa shape index (κ2) is 8.23. The van der Waals surface area contributed by atoms with Gasteiger partial charge in [0, 0.05) is 43.1 Å². The minimum absolute atomic E-state index is 0.0755. The summed E-state index contributed by atoms with van der Waals surface area (Å²) in [5.74, 6) is 1.86. The molecule has 1 aliphatic carbocycles. The van der Waals surface area contributed by atoms with Gasteiger partial charge in [-0.25, -0.2) is 0 Å². The highest BCUT2D eigenvalue weighted by molar-refractivity contribution is 5.92. The number of carbonyl (C=O) groups is 2. The molecule has 0 radical (unpaired) electrons. The Kier molecular flexibility index (Phi) is 5.71. The van der Waals surface area contributed by atoms with Crippen LogP contribution >= 0.6 is 0 Å². The maximum Gasteiger partial charge on any atom is 0.273 e. The number of piperidine rings is 2. The van der Waals surface area contributed by atoms with Crippen LogP contribution in [0, 0.1) is 5.92 Å². The molecular weight excluding hydrogens is 356 g/mol. The molecule has 7 heteroatoms. The third-order valence-electron chi connectivity index (χ3n) is 6.47. The molecule has 1 saturated carbocycles. The summed E-state index contributed by atoms with van der Waals surface area (Å²) in [5.41, 5.74) is 0.369. The van der Waals surface area contributed by atoms with Crippen molar-refractivity contribution in [3.8, 4) is 0 Å². The Morgan fingerprint density at radius 1 is 1.25 bits per heavy atom. The SMILES string of the molecule is CC1CC(CC(=O)N2CCC(NC(=O)c3cc(C4CC4)on3)C[C@@H]2C)CCN1. The van der Waals surface area contributed by atoms with Crippen LogP contribution in [-0.2, 0) is 4.79 Å². The van der Waals surface area contributed by atoms with Crippen molar-refractivity contribution in [2.75, 3.05) is 13.1 Å². The summed E-state index contributed by atoms with van der Waals surface area (Å²) in [6.45, 7) is 5.99. The van der Waals surface area contributed by atoms with Crippen LogP contribution < -0.4 is 10.6 Å². The van der Waals surface area contributed by atoms with Crippen LogP contribution in [0.25, 0.3) is 0 Å². The predicted octanol–water partition coefficient (Wildman–Crippen LogP) is 2.44. The van der Waals surface area contributed by atoms with Crippen LogP contribution in [0.2, 0.25) is 0 Å². The number of hydrogen-bond acceptors (Lipinski definition) is 5. The van der Waals surface area contributed by atoms with Crippen LogP contribution in [0.15, 0.2) is 10.6 Å². The highest BCUT2D eigenvalue weighted by Gasteiger charge is 2.33. The number of aromatic nitrogens is 1. The Morgan fingerprint density at radius 2 is 2.07 bits per heavy atom. The van der Waals surface area contributed by atoms with Gasteiger partial charge in [0.25, 0.3) is 5.91 Å². The molecular formula is C21H32N4O3. The van der Waals surface area contributed by atoms with E-state index in [1.807, 2.05) is 4.90 Å². The lowest BCUT2D eigenvalue weighted by Crippen LogP contribution is -2.51. The second-order valence-electron chi connectivity index (χ2n) is 8.97. The molecule has 1 aromatic rings. The topological polar surface area (TPSA) is 87.5 Å². The monoisotopic (exact) mass is 388 g/mol. The van der Waals surface area contributed by atoms with Gasteiger partial charge in [-0.1, -0.05) is 5.16 Å². The number of nitrogens with zero attached hydrogens (tertiary/aromatic N) is 2. The molecule has 3 heterocycles. The predicted molar refractivity (Wildman–Crippen MR) is 105 cm³/mol. The number of rotatable bonds is 5. The number of nitrogens with one attached hydrogen (secondary N) is 2. The summed E-state index contributed by atoms with van der Waals surface area (Å²) in [6.07, 6.45) is 6.62. The number of carbonyl (C=O) groups excluding carboxylic acids is 2. The summed E-state index contributed by atoms with van der Waals surface area (Å²) in [5, 5.41) is 10.4. The van der Waals surface area contributed by atoms with E-state index in [4.69, 9.17) is 4.52 Å². The van der Waals surface area contributed by atoms with Crippen molar-refractivity contribution >= 4 is 11.8 Å². The first-order valence-corrected chi connectivity index (χ1v) is 10.8. The van der Waals surface area contributed by atoms with Crippen molar-refractivity contribution in [3.63, 3.8) is 0 Å². The maximum atomic E-state index is 12.8. The van der Waals surface area contributed by atoms with E-state index in [0.717, 1.165) is 50.8 Å². The maximum absolute atomic E-state index is 12.8. The molecule has 2 N–H and O–H groups in total. The van der Waals surface area contributed by atoms with Crippen molar-refractivity contribution < 1.29 is 14.1 Å². The van der Waals surface area contributed by atoms with E-state index < -0.39 is 0 Å². The molecule has 3 aliphatic rings. The van der Waals surface area contributed by atoms with Gasteiger partial charge >= 0.3 is 0 Å². The minimum atomic E-state index is -0.170. The van der Waals surface area contributed by atoms with Crippen LogP contribution in [0.3, 0.4) is 0 Å². The molecule has 1 aromatic heterocycles. The summed E-state index contributed by atoms with van der Waals surface area (Å²) in [6, 6.07) is 2.49. The molecule has 0 aromatic carbocycles. The first-order chi connectivity index (χ1) is 13.5. The van der Waals surface area contributed by atoms with Gasteiger partial charge in [0.05, 0.1) is 0 Å². The summed E-state index contributed by atoms with van der Waals surface area (Å²) >= 11 is 0. The zero-order valence-corrected chi connectivity index (χ0v) is 16.9. The van der Waals surface area contributed by atoms with Gasteiger partial charge in [-0.3, -0.25) is 9.59 Å². The zero-order chi connectivity index (χ0) is 19.7. The van der Waals surface area contributed by atoms with Crippen molar-refractivity contribution in [1.29, 1.82) is 0 Å². The number of amides is 2. The second-order valence-corrected chi connectivity index (χ2v) is 8.97. The quantitative estimate of drug-likeness (QED) is 0.809. The van der Waals surface area contributed by atoms with E-state index in [1.54, 1.807) is 6.07 Å². The molecule has 4 atom stereocenters. The van der Waals surface area contributed by atoms with Crippen molar-refractivity contribution in [2.45, 2.75) is 82.8 Å². The van der Waals surface area contributed by atoms with Crippen molar-refractivity contribution in [3.05, 3.63) is 17.5 Å². The average Bonchev–Trinajstić information content (AvgIpc) is 3.38. The van der Waals surface area contributed by atoms with E-state index in [2.05, 4.69) is 29.6 Å². The third-order valence-corrected chi connectivity index (χ3v) is 6.47. The van der Waals surface area contributed by atoms with Gasteiger partial charge in [-0.15, -0.1) is 0 Å². The Bertz CT molecular complexity index is 714. The van der Waals surface area contributed by atoms with Crippen LogP contribution in [-0.4, -0.2) is 53.1 Å². The zero-order valence-electron chi connectivity index (χ0n) is 16.9. The largest absolute Gasteiger partial charge is 0.360 e. The fourth-order valence-electron chi connectivity index (χ4n) is 4.67. The van der Waals surface area contributed by atoms with Crippen LogP contribution in [0.1, 0.15) is 81.0 Å². The van der Waals surface area contributed by atoms with E-state index in [0.29, 0.717) is 36.5 Å². The standard InChI is InChI=1S/C21H32N4O3/c1-13-9-15(5-7-22-13)11-20(26)25-8-6-17(10-14(25)2)23-21(27)18-12-19(28-24-18)16-3-4-16/h12-17,22H,3-11H2,1-2H3,(H,23,27)/t13?,14-,15?,17?/m0/s1. The van der Waals surface area contributed by atoms with Gasteiger partial charge in [0.2, 0.25) is 5.91 Å². The van der Waals surface area contributed by atoms with E-state index in [-0.39, 0.29) is 23.9 Å². The molecule has 2 saturated heterocycles. The molecule has 0 bridgehead atoms. The molecule has 2 amide bonds. The van der Waals surface area contributed by atoms with Gasteiger partial charge in [-0.05, 0) is 64.8 Å². The molecule has 28 heavy (non-hydrogen) atoms. The van der Waals surface area contributed by atoms with E-state index in [9.17, 15) is 9.59 Å². The molecule has 154 valence electrons. The number of likely N-dealkylation sites (tertiary alicyclic amines) is 1. The molecule has 0 spiro atoms. The van der Waals surface area contributed by atoms with Crippen LogP contribution in [0.4, 0.5) is 0 Å². The Morgan fingerprint density at radius 3 is 2.79 bits per heavy atom. The Hall–Kier alpha value is -1.89. The Labute approximate surface area is 166 Å². The fraction of sp³-hybridized carbons (Fsp3) is 0.762. The normalized spacial score (nSPS) is 30.9. The van der Waals surface area contributed by atoms with Gasteiger partial charge in [0.1, 0.15) is 5.76 Å². The molecule has 7 nitrogen and oxygen atoms in total. The molecule has 3 fully saturated rings. The smallest absolute Gasteiger partial charge is 0.273 e. The summed E-state index contributed by atoms with van der Waals surface area (Å²) in [4.78, 5) is 27.3. The first-order valence-electron chi connectivity index (χ1n) is 10.8. The van der Waals surface area contributed by atoms with Gasteiger partial charge in [0.15, 0.2) is 5.69 Å². The minimum Gasteiger partial charge on any atom is -0.360 e.